The lowest BCUT2D eigenvalue weighted by Crippen LogP contribution is -2.28. The van der Waals surface area contributed by atoms with E-state index in [2.05, 4.69) is 26.0 Å². The molecule has 5 heteroatoms. The molecule has 0 rings (SSSR count). The van der Waals surface area contributed by atoms with Crippen LogP contribution in [-0.4, -0.2) is 36.4 Å². The van der Waals surface area contributed by atoms with Gasteiger partial charge in [0.15, 0.2) is 6.10 Å². The molecule has 0 saturated carbocycles. The van der Waals surface area contributed by atoms with E-state index in [0.29, 0.717) is 12.8 Å². The van der Waals surface area contributed by atoms with E-state index in [0.717, 1.165) is 38.5 Å². The molecule has 0 fully saturated rings. The maximum Gasteiger partial charge on any atom is 0.306 e. The maximum absolute atomic E-state index is 12.1. The first-order valence-electron chi connectivity index (χ1n) is 22.2. The number of carbonyl (C=O) groups is 2. The van der Waals surface area contributed by atoms with Gasteiger partial charge in [-0.2, -0.15) is 0 Å². The average Bonchev–Trinajstić information content (AvgIpc) is 3.12. The van der Waals surface area contributed by atoms with Crippen molar-refractivity contribution in [3.05, 3.63) is 12.2 Å². The van der Waals surface area contributed by atoms with E-state index in [9.17, 15) is 14.7 Å². The molecule has 0 aromatic rings. The third-order valence-electron chi connectivity index (χ3n) is 10.1. The van der Waals surface area contributed by atoms with Crippen LogP contribution >= 0.6 is 0 Å². The van der Waals surface area contributed by atoms with Crippen LogP contribution in [-0.2, 0) is 19.1 Å². The standard InChI is InChI=1S/C45H86O5/c1-3-5-7-9-11-13-15-16-17-18-19-20-21-22-23-24-25-26-27-28-30-31-33-35-37-39-44(47)49-42-43(41-46)50-45(48)40-38-36-34-32-29-14-12-10-8-6-4-2/h10,12,43,46H,3-9,11,13-42H2,1-2H3/b12-10-. The summed E-state index contributed by atoms with van der Waals surface area (Å²) < 4.78 is 10.6. The molecule has 0 heterocycles. The zero-order chi connectivity index (χ0) is 36.4. The van der Waals surface area contributed by atoms with Crippen LogP contribution in [0.2, 0.25) is 0 Å². The highest BCUT2D eigenvalue weighted by Crippen LogP contribution is 2.16. The van der Waals surface area contributed by atoms with E-state index >= 15 is 0 Å². The van der Waals surface area contributed by atoms with Gasteiger partial charge in [0, 0.05) is 12.8 Å². The van der Waals surface area contributed by atoms with Crippen molar-refractivity contribution < 1.29 is 24.2 Å². The quantitative estimate of drug-likeness (QED) is 0.0389. The predicted octanol–water partition coefficient (Wildman–Crippen LogP) is 14.1. The van der Waals surface area contributed by atoms with Crippen molar-refractivity contribution in [3.8, 4) is 0 Å². The Bertz CT molecular complexity index is 720. The molecule has 0 amide bonds. The Morgan fingerprint density at radius 2 is 0.760 bits per heavy atom. The number of allylic oxidation sites excluding steroid dienone is 2. The highest BCUT2D eigenvalue weighted by Gasteiger charge is 2.16. The zero-order valence-corrected chi connectivity index (χ0v) is 33.7. The summed E-state index contributed by atoms with van der Waals surface area (Å²) in [5.74, 6) is -0.590. The third-order valence-corrected chi connectivity index (χ3v) is 10.1. The first-order chi connectivity index (χ1) is 24.6. The van der Waals surface area contributed by atoms with Crippen LogP contribution in [0.3, 0.4) is 0 Å². The Morgan fingerprint density at radius 3 is 1.14 bits per heavy atom. The van der Waals surface area contributed by atoms with Crippen molar-refractivity contribution in [2.24, 2.45) is 0 Å². The lowest BCUT2D eigenvalue weighted by Gasteiger charge is -2.15. The van der Waals surface area contributed by atoms with Gasteiger partial charge in [0.25, 0.3) is 0 Å². The van der Waals surface area contributed by atoms with Crippen molar-refractivity contribution in [3.63, 3.8) is 0 Å². The fourth-order valence-corrected chi connectivity index (χ4v) is 6.65. The molecule has 5 nitrogen and oxygen atoms in total. The normalized spacial score (nSPS) is 12.1. The van der Waals surface area contributed by atoms with Crippen LogP contribution in [0.15, 0.2) is 12.2 Å². The molecule has 0 aliphatic rings. The van der Waals surface area contributed by atoms with Gasteiger partial charge in [-0.1, -0.05) is 212 Å². The molecule has 0 aromatic carbocycles. The van der Waals surface area contributed by atoms with E-state index in [1.165, 1.54) is 180 Å². The number of aliphatic hydroxyl groups excluding tert-OH is 1. The molecule has 0 spiro atoms. The van der Waals surface area contributed by atoms with Gasteiger partial charge in [-0.05, 0) is 32.1 Å². The summed E-state index contributed by atoms with van der Waals surface area (Å²) in [7, 11) is 0. The Morgan fingerprint density at radius 1 is 0.440 bits per heavy atom. The first-order valence-corrected chi connectivity index (χ1v) is 22.2. The van der Waals surface area contributed by atoms with Gasteiger partial charge in [-0.25, -0.2) is 0 Å². The van der Waals surface area contributed by atoms with Crippen molar-refractivity contribution in [1.82, 2.24) is 0 Å². The minimum absolute atomic E-state index is 0.0632. The summed E-state index contributed by atoms with van der Waals surface area (Å²) in [4.78, 5) is 24.2. The van der Waals surface area contributed by atoms with Crippen LogP contribution in [0.25, 0.3) is 0 Å². The Labute approximate surface area is 311 Å². The first kappa shape index (κ1) is 48.6. The molecule has 50 heavy (non-hydrogen) atoms. The minimum Gasteiger partial charge on any atom is -0.462 e. The molecule has 0 bridgehead atoms. The van der Waals surface area contributed by atoms with E-state index in [1.807, 2.05) is 0 Å². The number of carbonyl (C=O) groups excluding carboxylic acids is 2. The molecule has 1 unspecified atom stereocenters. The van der Waals surface area contributed by atoms with Crippen LogP contribution in [0.4, 0.5) is 0 Å². The topological polar surface area (TPSA) is 72.8 Å². The van der Waals surface area contributed by atoms with E-state index in [1.54, 1.807) is 0 Å². The molecular formula is C45H86O5. The second-order valence-corrected chi connectivity index (χ2v) is 15.1. The van der Waals surface area contributed by atoms with Gasteiger partial charge < -0.3 is 14.6 Å². The third kappa shape index (κ3) is 39.4. The fourth-order valence-electron chi connectivity index (χ4n) is 6.65. The van der Waals surface area contributed by atoms with Gasteiger partial charge in [-0.3, -0.25) is 9.59 Å². The second kappa shape index (κ2) is 42.1. The van der Waals surface area contributed by atoms with E-state index < -0.39 is 6.10 Å². The maximum atomic E-state index is 12.1. The highest BCUT2D eigenvalue weighted by molar-refractivity contribution is 5.70. The average molecular weight is 707 g/mol. The fraction of sp³-hybridized carbons (Fsp3) is 0.911. The summed E-state index contributed by atoms with van der Waals surface area (Å²) in [5, 5.41) is 9.55. The van der Waals surface area contributed by atoms with Crippen molar-refractivity contribution >= 4 is 11.9 Å². The summed E-state index contributed by atoms with van der Waals surface area (Å²) in [6, 6.07) is 0. The summed E-state index contributed by atoms with van der Waals surface area (Å²) in [6.45, 7) is 4.12. The van der Waals surface area contributed by atoms with Gasteiger partial charge >= 0.3 is 11.9 Å². The molecule has 0 aliphatic heterocycles. The summed E-state index contributed by atoms with van der Waals surface area (Å²) in [5.41, 5.74) is 0. The smallest absolute Gasteiger partial charge is 0.306 e. The molecule has 0 saturated heterocycles. The number of hydrogen-bond acceptors (Lipinski definition) is 5. The molecule has 0 aromatic heterocycles. The molecular weight excluding hydrogens is 620 g/mol. The monoisotopic (exact) mass is 707 g/mol. The van der Waals surface area contributed by atoms with Crippen LogP contribution in [0.5, 0.6) is 0 Å². The van der Waals surface area contributed by atoms with E-state index in [-0.39, 0.29) is 25.2 Å². The largest absolute Gasteiger partial charge is 0.462 e. The van der Waals surface area contributed by atoms with Gasteiger partial charge in [-0.15, -0.1) is 0 Å². The second-order valence-electron chi connectivity index (χ2n) is 15.1. The van der Waals surface area contributed by atoms with Crippen LogP contribution < -0.4 is 0 Å². The zero-order valence-electron chi connectivity index (χ0n) is 33.7. The lowest BCUT2D eigenvalue weighted by molar-refractivity contribution is -0.161. The van der Waals surface area contributed by atoms with E-state index in [4.69, 9.17) is 9.47 Å². The lowest BCUT2D eigenvalue weighted by atomic mass is 10.0. The van der Waals surface area contributed by atoms with Crippen LogP contribution in [0.1, 0.15) is 245 Å². The number of unbranched alkanes of at least 4 members (excludes halogenated alkanes) is 31. The van der Waals surface area contributed by atoms with Gasteiger partial charge in [0.05, 0.1) is 6.61 Å². The van der Waals surface area contributed by atoms with Gasteiger partial charge in [0.2, 0.25) is 0 Å². The SMILES string of the molecule is CCCC/C=C\CCCCCCCC(=O)OC(CO)COC(=O)CCCCCCCCCCCCCCCCCCCCCCCCCCC. The highest BCUT2D eigenvalue weighted by atomic mass is 16.6. The summed E-state index contributed by atoms with van der Waals surface area (Å²) in [6.07, 6.45) is 48.7. The van der Waals surface area contributed by atoms with Gasteiger partial charge in [0.1, 0.15) is 6.61 Å². The summed E-state index contributed by atoms with van der Waals surface area (Å²) >= 11 is 0. The Hall–Kier alpha value is -1.36. The van der Waals surface area contributed by atoms with Crippen molar-refractivity contribution in [2.75, 3.05) is 13.2 Å². The predicted molar refractivity (Wildman–Crippen MR) is 215 cm³/mol. The number of esters is 2. The van der Waals surface area contributed by atoms with Crippen molar-refractivity contribution in [1.29, 1.82) is 0 Å². The Balaban J connectivity index is 3.41. The molecule has 0 aliphatic carbocycles. The van der Waals surface area contributed by atoms with Crippen LogP contribution in [0, 0.1) is 0 Å². The Kier molecular flexibility index (Phi) is 40.9. The molecule has 0 radical (unpaired) electrons. The molecule has 1 N–H and O–H groups in total. The minimum atomic E-state index is -0.769. The number of ether oxygens (including phenoxy) is 2. The number of aliphatic hydroxyl groups is 1. The molecule has 296 valence electrons. The number of hydrogen-bond donors (Lipinski definition) is 1. The number of rotatable bonds is 41. The molecule has 1 atom stereocenters. The van der Waals surface area contributed by atoms with Crippen molar-refractivity contribution in [2.45, 2.75) is 251 Å².